The molecule has 2 atom stereocenters. The van der Waals surface area contributed by atoms with E-state index in [-0.39, 0.29) is 23.9 Å². The van der Waals surface area contributed by atoms with Crippen molar-refractivity contribution in [3.8, 4) is 0 Å². The number of nitrogens with one attached hydrogen (secondary N) is 1. The van der Waals surface area contributed by atoms with E-state index in [1.165, 1.54) is 18.4 Å². The molecule has 1 aliphatic heterocycles. The van der Waals surface area contributed by atoms with E-state index in [9.17, 15) is 9.59 Å². The molecule has 1 aliphatic carbocycles. The zero-order valence-electron chi connectivity index (χ0n) is 20.0. The van der Waals surface area contributed by atoms with Gasteiger partial charge in [-0.05, 0) is 55.4 Å². The third-order valence-electron chi connectivity index (χ3n) is 7.38. The largest absolute Gasteiger partial charge is 0.348 e. The summed E-state index contributed by atoms with van der Waals surface area (Å²) in [7, 11) is 0. The number of amides is 2. The van der Waals surface area contributed by atoms with Gasteiger partial charge in [-0.1, -0.05) is 62.2 Å². The van der Waals surface area contributed by atoms with Crippen LogP contribution in [0, 0.1) is 5.92 Å². The summed E-state index contributed by atoms with van der Waals surface area (Å²) in [5.41, 5.74) is 3.12. The zero-order valence-corrected chi connectivity index (χ0v) is 20.0. The zero-order chi connectivity index (χ0) is 23.2. The summed E-state index contributed by atoms with van der Waals surface area (Å²) in [5.74, 6) is 0.627. The summed E-state index contributed by atoms with van der Waals surface area (Å²) in [6, 6.07) is 18.0. The van der Waals surface area contributed by atoms with Crippen LogP contribution in [0.1, 0.15) is 67.1 Å². The van der Waals surface area contributed by atoms with E-state index in [1.807, 2.05) is 47.4 Å². The fourth-order valence-electron chi connectivity index (χ4n) is 5.34. The molecule has 176 valence electrons. The summed E-state index contributed by atoms with van der Waals surface area (Å²) < 4.78 is 0. The maximum atomic E-state index is 13.5. The fourth-order valence-corrected chi connectivity index (χ4v) is 5.34. The molecule has 2 aromatic rings. The lowest BCUT2D eigenvalue weighted by molar-refractivity contribution is -0.129. The first-order valence-corrected chi connectivity index (χ1v) is 12.5. The lowest BCUT2D eigenvalue weighted by Crippen LogP contribution is -2.58. The molecular formula is C28H37N3O2. The van der Waals surface area contributed by atoms with Crippen molar-refractivity contribution in [2.75, 3.05) is 26.2 Å². The van der Waals surface area contributed by atoms with Gasteiger partial charge in [0.05, 0.1) is 12.1 Å². The Bertz CT molecular complexity index is 914. The Kier molecular flexibility index (Phi) is 7.81. The smallest absolute Gasteiger partial charge is 0.253 e. The molecule has 0 aromatic heterocycles. The van der Waals surface area contributed by atoms with E-state index >= 15 is 0 Å². The number of aryl methyl sites for hydroxylation is 1. The molecule has 33 heavy (non-hydrogen) atoms. The van der Waals surface area contributed by atoms with Gasteiger partial charge in [0.25, 0.3) is 5.91 Å². The second kappa shape index (κ2) is 11.0. The summed E-state index contributed by atoms with van der Waals surface area (Å²) in [4.78, 5) is 30.7. The molecule has 2 amide bonds. The summed E-state index contributed by atoms with van der Waals surface area (Å²) >= 11 is 0. The molecule has 5 heteroatoms. The highest BCUT2D eigenvalue weighted by atomic mass is 16.2. The minimum Gasteiger partial charge on any atom is -0.348 e. The summed E-state index contributed by atoms with van der Waals surface area (Å²) in [6.07, 6.45) is 5.60. The third-order valence-corrected chi connectivity index (χ3v) is 7.38. The van der Waals surface area contributed by atoms with Gasteiger partial charge in [-0.15, -0.1) is 0 Å². The number of hydrogen-bond donors (Lipinski definition) is 1. The number of nitrogens with zero attached hydrogens (tertiary/aromatic N) is 2. The van der Waals surface area contributed by atoms with Gasteiger partial charge in [-0.25, -0.2) is 0 Å². The average Bonchev–Trinajstić information content (AvgIpc) is 3.39. The molecule has 0 radical (unpaired) electrons. The SMILES string of the molecule is CCc1ccc(C(=O)N2CCN([C@H](C(=O)N[C@@H](C)c3ccccc3)C3CCCC3)CC2)cc1. The molecule has 1 saturated heterocycles. The van der Waals surface area contributed by atoms with E-state index in [2.05, 4.69) is 36.2 Å². The van der Waals surface area contributed by atoms with E-state index < -0.39 is 0 Å². The highest BCUT2D eigenvalue weighted by molar-refractivity contribution is 5.94. The molecule has 1 N–H and O–H groups in total. The van der Waals surface area contributed by atoms with Crippen LogP contribution in [0.4, 0.5) is 0 Å². The van der Waals surface area contributed by atoms with Crippen molar-refractivity contribution >= 4 is 11.8 Å². The van der Waals surface area contributed by atoms with Crippen LogP contribution in [0.15, 0.2) is 54.6 Å². The molecule has 0 unspecified atom stereocenters. The number of piperazine rings is 1. The van der Waals surface area contributed by atoms with Gasteiger partial charge in [0.15, 0.2) is 0 Å². The van der Waals surface area contributed by atoms with Crippen molar-refractivity contribution in [1.82, 2.24) is 15.1 Å². The van der Waals surface area contributed by atoms with Crippen molar-refractivity contribution in [1.29, 1.82) is 0 Å². The minimum atomic E-state index is -0.111. The lowest BCUT2D eigenvalue weighted by Gasteiger charge is -2.41. The van der Waals surface area contributed by atoms with Crippen LogP contribution in [-0.2, 0) is 11.2 Å². The number of benzene rings is 2. The molecule has 2 aromatic carbocycles. The predicted molar refractivity (Wildman–Crippen MR) is 132 cm³/mol. The second-order valence-electron chi connectivity index (χ2n) is 9.51. The third kappa shape index (κ3) is 5.64. The normalized spacial score (nSPS) is 19.3. The summed E-state index contributed by atoms with van der Waals surface area (Å²) in [5, 5.41) is 3.28. The Morgan fingerprint density at radius 2 is 1.58 bits per heavy atom. The molecular weight excluding hydrogens is 410 g/mol. The van der Waals surface area contributed by atoms with Crippen molar-refractivity contribution < 1.29 is 9.59 Å². The van der Waals surface area contributed by atoms with Crippen LogP contribution >= 0.6 is 0 Å². The van der Waals surface area contributed by atoms with Crippen molar-refractivity contribution in [3.05, 3.63) is 71.3 Å². The van der Waals surface area contributed by atoms with Crippen molar-refractivity contribution in [2.45, 2.75) is 58.0 Å². The van der Waals surface area contributed by atoms with Crippen molar-refractivity contribution in [2.24, 2.45) is 5.92 Å². The van der Waals surface area contributed by atoms with Gasteiger partial charge in [-0.3, -0.25) is 14.5 Å². The van der Waals surface area contributed by atoms with Gasteiger partial charge >= 0.3 is 0 Å². The van der Waals surface area contributed by atoms with Gasteiger partial charge in [0.2, 0.25) is 5.91 Å². The Labute approximate surface area is 198 Å². The quantitative estimate of drug-likeness (QED) is 0.683. The van der Waals surface area contributed by atoms with Gasteiger partial charge in [-0.2, -0.15) is 0 Å². The Hall–Kier alpha value is -2.66. The lowest BCUT2D eigenvalue weighted by atomic mass is 9.94. The Morgan fingerprint density at radius 3 is 2.18 bits per heavy atom. The van der Waals surface area contributed by atoms with Gasteiger partial charge in [0.1, 0.15) is 0 Å². The van der Waals surface area contributed by atoms with Crippen LogP contribution in [-0.4, -0.2) is 53.8 Å². The van der Waals surface area contributed by atoms with Crippen LogP contribution in [0.5, 0.6) is 0 Å². The predicted octanol–water partition coefficient (Wildman–Crippen LogP) is 4.44. The van der Waals surface area contributed by atoms with Crippen LogP contribution in [0.25, 0.3) is 0 Å². The Balaban J connectivity index is 1.40. The molecule has 0 spiro atoms. The molecule has 2 fully saturated rings. The Morgan fingerprint density at radius 1 is 0.939 bits per heavy atom. The number of rotatable bonds is 7. The standard InChI is InChI=1S/C28H37N3O2/c1-3-22-13-15-25(16-14-22)28(33)31-19-17-30(18-20-31)26(24-11-7-8-12-24)27(32)29-21(2)23-9-5-4-6-10-23/h4-6,9-10,13-16,21,24,26H,3,7-8,11-12,17-20H2,1-2H3,(H,29,32)/t21-,26-/m0/s1. The van der Waals surface area contributed by atoms with Crippen molar-refractivity contribution in [3.63, 3.8) is 0 Å². The number of carbonyl (C=O) groups excluding carboxylic acids is 2. The molecule has 0 bridgehead atoms. The molecule has 2 aliphatic rings. The van der Waals surface area contributed by atoms with E-state index in [4.69, 9.17) is 0 Å². The van der Waals surface area contributed by atoms with Crippen LogP contribution < -0.4 is 5.32 Å². The van der Waals surface area contributed by atoms with Gasteiger partial charge < -0.3 is 10.2 Å². The maximum Gasteiger partial charge on any atom is 0.253 e. The topological polar surface area (TPSA) is 52.7 Å². The summed E-state index contributed by atoms with van der Waals surface area (Å²) in [6.45, 7) is 6.99. The first-order chi connectivity index (χ1) is 16.1. The van der Waals surface area contributed by atoms with E-state index in [1.54, 1.807) is 0 Å². The molecule has 5 nitrogen and oxygen atoms in total. The van der Waals surface area contributed by atoms with E-state index in [0.717, 1.165) is 43.5 Å². The van der Waals surface area contributed by atoms with Gasteiger partial charge in [0, 0.05) is 31.7 Å². The number of hydrogen-bond acceptors (Lipinski definition) is 3. The van der Waals surface area contributed by atoms with Crippen LogP contribution in [0.2, 0.25) is 0 Å². The number of carbonyl (C=O) groups is 2. The van der Waals surface area contributed by atoms with E-state index in [0.29, 0.717) is 19.0 Å². The first-order valence-electron chi connectivity index (χ1n) is 12.5. The highest BCUT2D eigenvalue weighted by Crippen LogP contribution is 2.31. The fraction of sp³-hybridized carbons (Fsp3) is 0.500. The minimum absolute atomic E-state index is 0.0171. The maximum absolute atomic E-state index is 13.5. The second-order valence-corrected chi connectivity index (χ2v) is 9.51. The molecule has 4 rings (SSSR count). The highest BCUT2D eigenvalue weighted by Gasteiger charge is 2.37. The average molecular weight is 448 g/mol. The molecule has 1 heterocycles. The van der Waals surface area contributed by atoms with Crippen LogP contribution in [0.3, 0.4) is 0 Å². The first kappa shape index (κ1) is 23.5. The molecule has 1 saturated carbocycles. The monoisotopic (exact) mass is 447 g/mol.